The second kappa shape index (κ2) is 3.69. The fraction of sp³-hybridized carbons (Fsp3) is 0.0909. The maximum absolute atomic E-state index is 4.53. The van der Waals surface area contributed by atoms with Crippen LogP contribution in [0.25, 0.3) is 17.2 Å². The quantitative estimate of drug-likeness (QED) is 0.694. The summed E-state index contributed by atoms with van der Waals surface area (Å²) in [5.41, 5.74) is 2.77. The van der Waals surface area contributed by atoms with Gasteiger partial charge in [-0.15, -0.1) is 0 Å². The maximum Gasteiger partial charge on any atom is 0.155 e. The van der Waals surface area contributed by atoms with Gasteiger partial charge in [-0.25, -0.2) is 9.97 Å². The molecular formula is C11H11N5. The standard InChI is InChI=1S/C11H11N5/c1-2-8(10-6-12-7-15-10)16-9(3-1)11-13-4-5-14-11/h1-6,12,15H,7H2,(H,13,14). The van der Waals surface area contributed by atoms with E-state index in [9.17, 15) is 0 Å². The minimum Gasteiger partial charge on any atom is -0.372 e. The van der Waals surface area contributed by atoms with Gasteiger partial charge in [0.05, 0.1) is 18.1 Å². The molecule has 1 aliphatic rings. The van der Waals surface area contributed by atoms with E-state index in [2.05, 4.69) is 25.6 Å². The molecule has 1 aliphatic heterocycles. The monoisotopic (exact) mass is 213 g/mol. The molecule has 5 nitrogen and oxygen atoms in total. The molecule has 0 atom stereocenters. The Morgan fingerprint density at radius 2 is 2.12 bits per heavy atom. The van der Waals surface area contributed by atoms with Gasteiger partial charge in [-0.1, -0.05) is 6.07 Å². The van der Waals surface area contributed by atoms with Gasteiger partial charge in [0.25, 0.3) is 0 Å². The number of nitrogens with zero attached hydrogens (tertiary/aromatic N) is 2. The van der Waals surface area contributed by atoms with Gasteiger partial charge in [-0.05, 0) is 12.1 Å². The maximum atomic E-state index is 4.53. The zero-order chi connectivity index (χ0) is 10.8. The van der Waals surface area contributed by atoms with E-state index in [-0.39, 0.29) is 0 Å². The molecule has 3 heterocycles. The summed E-state index contributed by atoms with van der Waals surface area (Å²) in [4.78, 5) is 11.8. The van der Waals surface area contributed by atoms with Crippen molar-refractivity contribution in [1.82, 2.24) is 25.6 Å². The lowest BCUT2D eigenvalue weighted by molar-refractivity contribution is 0.841. The smallest absolute Gasteiger partial charge is 0.155 e. The highest BCUT2D eigenvalue weighted by Gasteiger charge is 2.08. The highest BCUT2D eigenvalue weighted by Crippen LogP contribution is 2.16. The lowest BCUT2D eigenvalue weighted by Crippen LogP contribution is -2.14. The minimum absolute atomic E-state index is 0.752. The normalized spacial score (nSPS) is 14.1. The molecule has 0 spiro atoms. The number of hydrogen-bond acceptors (Lipinski definition) is 4. The molecule has 5 heteroatoms. The van der Waals surface area contributed by atoms with Crippen LogP contribution in [0.1, 0.15) is 5.69 Å². The SMILES string of the molecule is C1=C(c2cccc(-c3ncc[nH]3)n2)NCN1. The first-order chi connectivity index (χ1) is 7.93. The Morgan fingerprint density at radius 3 is 2.88 bits per heavy atom. The first-order valence-corrected chi connectivity index (χ1v) is 5.08. The van der Waals surface area contributed by atoms with Crippen LogP contribution in [0.3, 0.4) is 0 Å². The average molecular weight is 213 g/mol. The molecule has 0 saturated heterocycles. The fourth-order valence-electron chi connectivity index (χ4n) is 1.64. The van der Waals surface area contributed by atoms with Crippen LogP contribution in [0, 0.1) is 0 Å². The van der Waals surface area contributed by atoms with E-state index >= 15 is 0 Å². The molecule has 0 bridgehead atoms. The summed E-state index contributed by atoms with van der Waals surface area (Å²) in [5, 5.41) is 6.29. The van der Waals surface area contributed by atoms with Crippen molar-refractivity contribution < 1.29 is 0 Å². The molecule has 0 amide bonds. The van der Waals surface area contributed by atoms with E-state index < -0.39 is 0 Å². The summed E-state index contributed by atoms with van der Waals surface area (Å²) >= 11 is 0. The fourth-order valence-corrected chi connectivity index (χ4v) is 1.64. The summed E-state index contributed by atoms with van der Waals surface area (Å²) in [6, 6.07) is 5.88. The predicted octanol–water partition coefficient (Wildman–Crippen LogP) is 0.920. The summed E-state index contributed by atoms with van der Waals surface area (Å²) < 4.78 is 0. The molecule has 3 N–H and O–H groups in total. The topological polar surface area (TPSA) is 65.6 Å². The van der Waals surface area contributed by atoms with Gasteiger partial charge in [0.1, 0.15) is 5.69 Å². The van der Waals surface area contributed by atoms with Crippen molar-refractivity contribution in [2.45, 2.75) is 0 Å². The van der Waals surface area contributed by atoms with Crippen molar-refractivity contribution in [1.29, 1.82) is 0 Å². The van der Waals surface area contributed by atoms with E-state index in [1.54, 1.807) is 12.4 Å². The van der Waals surface area contributed by atoms with E-state index in [1.807, 2.05) is 24.4 Å². The van der Waals surface area contributed by atoms with Gasteiger partial charge in [0.2, 0.25) is 0 Å². The van der Waals surface area contributed by atoms with Crippen LogP contribution in [0.5, 0.6) is 0 Å². The second-order valence-corrected chi connectivity index (χ2v) is 3.46. The highest BCUT2D eigenvalue weighted by atomic mass is 15.1. The lowest BCUT2D eigenvalue weighted by Gasteiger charge is -2.03. The Hall–Kier alpha value is -2.30. The first-order valence-electron chi connectivity index (χ1n) is 5.08. The number of aromatic amines is 1. The molecule has 2 aromatic heterocycles. The second-order valence-electron chi connectivity index (χ2n) is 3.46. The van der Waals surface area contributed by atoms with Crippen molar-refractivity contribution in [3.05, 3.63) is 42.5 Å². The third-order valence-electron chi connectivity index (χ3n) is 2.39. The van der Waals surface area contributed by atoms with Gasteiger partial charge in [-0.2, -0.15) is 0 Å². The number of hydrogen-bond donors (Lipinski definition) is 3. The summed E-state index contributed by atoms with van der Waals surface area (Å²) in [7, 11) is 0. The van der Waals surface area contributed by atoms with E-state index in [4.69, 9.17) is 0 Å². The zero-order valence-corrected chi connectivity index (χ0v) is 8.57. The molecular weight excluding hydrogens is 202 g/mol. The predicted molar refractivity (Wildman–Crippen MR) is 60.9 cm³/mol. The molecule has 2 aromatic rings. The van der Waals surface area contributed by atoms with Crippen molar-refractivity contribution in [3.63, 3.8) is 0 Å². The Balaban J connectivity index is 2.00. The van der Waals surface area contributed by atoms with Crippen LogP contribution >= 0.6 is 0 Å². The van der Waals surface area contributed by atoms with Crippen molar-refractivity contribution >= 4 is 5.70 Å². The summed E-state index contributed by atoms with van der Waals surface area (Å²) in [5.74, 6) is 0.786. The number of nitrogens with one attached hydrogen (secondary N) is 3. The first kappa shape index (κ1) is 8.96. The van der Waals surface area contributed by atoms with Crippen molar-refractivity contribution in [3.8, 4) is 11.5 Å². The third-order valence-corrected chi connectivity index (χ3v) is 2.39. The molecule has 0 saturated carbocycles. The van der Waals surface area contributed by atoms with Gasteiger partial charge >= 0.3 is 0 Å². The highest BCUT2D eigenvalue weighted by molar-refractivity contribution is 5.64. The largest absolute Gasteiger partial charge is 0.372 e. The van der Waals surface area contributed by atoms with Crippen LogP contribution in [-0.4, -0.2) is 21.6 Å². The third kappa shape index (κ3) is 1.52. The summed E-state index contributed by atoms with van der Waals surface area (Å²) in [6.07, 6.45) is 5.44. The Bertz CT molecular complexity index is 515. The van der Waals surface area contributed by atoms with Crippen LogP contribution in [0.15, 0.2) is 36.8 Å². The van der Waals surface area contributed by atoms with Crippen molar-refractivity contribution in [2.24, 2.45) is 0 Å². The van der Waals surface area contributed by atoms with Crippen LogP contribution < -0.4 is 10.6 Å². The summed E-state index contributed by atoms with van der Waals surface area (Å²) in [6.45, 7) is 0.752. The molecule has 80 valence electrons. The number of pyridine rings is 1. The Kier molecular flexibility index (Phi) is 2.07. The molecule has 0 aliphatic carbocycles. The van der Waals surface area contributed by atoms with E-state index in [0.29, 0.717) is 0 Å². The van der Waals surface area contributed by atoms with Gasteiger partial charge in [-0.3, -0.25) is 0 Å². The van der Waals surface area contributed by atoms with Crippen molar-refractivity contribution in [2.75, 3.05) is 6.67 Å². The average Bonchev–Trinajstić information content (AvgIpc) is 3.03. The molecule has 0 aromatic carbocycles. The molecule has 0 fully saturated rings. The number of imidazole rings is 1. The number of aromatic nitrogens is 3. The molecule has 0 radical (unpaired) electrons. The molecule has 0 unspecified atom stereocenters. The van der Waals surface area contributed by atoms with Crippen LogP contribution in [0.4, 0.5) is 0 Å². The van der Waals surface area contributed by atoms with Gasteiger partial charge in [0.15, 0.2) is 5.82 Å². The van der Waals surface area contributed by atoms with Crippen LogP contribution in [0.2, 0.25) is 0 Å². The molecule has 16 heavy (non-hydrogen) atoms. The number of H-pyrrole nitrogens is 1. The van der Waals surface area contributed by atoms with E-state index in [1.165, 1.54) is 0 Å². The molecule has 3 rings (SSSR count). The number of rotatable bonds is 2. The lowest BCUT2D eigenvalue weighted by atomic mass is 10.2. The van der Waals surface area contributed by atoms with E-state index in [0.717, 1.165) is 29.6 Å². The minimum atomic E-state index is 0.752. The zero-order valence-electron chi connectivity index (χ0n) is 8.57. The Labute approximate surface area is 92.6 Å². The van der Waals surface area contributed by atoms with Gasteiger partial charge < -0.3 is 15.6 Å². The van der Waals surface area contributed by atoms with Crippen LogP contribution in [-0.2, 0) is 0 Å². The van der Waals surface area contributed by atoms with Gasteiger partial charge in [0, 0.05) is 18.6 Å². The Morgan fingerprint density at radius 1 is 1.19 bits per heavy atom.